The summed E-state index contributed by atoms with van der Waals surface area (Å²) in [5.41, 5.74) is 7.58. The highest BCUT2D eigenvalue weighted by atomic mass is 35.5. The first-order valence-electron chi connectivity index (χ1n) is 5.11. The molecule has 2 rings (SSSR count). The summed E-state index contributed by atoms with van der Waals surface area (Å²) in [6.07, 6.45) is 0. The Bertz CT molecular complexity index is 510. The molecule has 2 aromatic carbocycles. The Morgan fingerprint density at radius 2 is 1.94 bits per heavy atom. The average Bonchev–Trinajstić information content (AvgIpc) is 2.28. The summed E-state index contributed by atoms with van der Waals surface area (Å²) >= 11 is 7.64. The first-order chi connectivity index (χ1) is 8.16. The fraction of sp³-hybridized carbons (Fsp3) is 0.0769. The van der Waals surface area contributed by atoms with Crippen LogP contribution in [-0.2, 0) is 5.75 Å². The van der Waals surface area contributed by atoms with Crippen molar-refractivity contribution in [2.75, 3.05) is 5.73 Å². The van der Waals surface area contributed by atoms with Gasteiger partial charge in [-0.3, -0.25) is 0 Å². The molecule has 0 aromatic heterocycles. The standard InChI is InChI=1S/C13H12ClNOS/c14-11-5-2-6-12(15)13(11)17-8-9-3-1-4-10(16)7-9/h1-7,16H,8,15H2. The summed E-state index contributed by atoms with van der Waals surface area (Å²) in [6, 6.07) is 12.6. The fourth-order valence-corrected chi connectivity index (χ4v) is 2.76. The van der Waals surface area contributed by atoms with E-state index < -0.39 is 0 Å². The number of halogens is 1. The molecule has 0 radical (unpaired) electrons. The second kappa shape index (κ2) is 5.34. The van der Waals surface area contributed by atoms with E-state index >= 15 is 0 Å². The number of hydrogen-bond donors (Lipinski definition) is 2. The number of rotatable bonds is 3. The maximum atomic E-state index is 9.36. The molecule has 17 heavy (non-hydrogen) atoms. The van der Waals surface area contributed by atoms with Crippen molar-refractivity contribution < 1.29 is 5.11 Å². The normalized spacial score (nSPS) is 10.4. The van der Waals surface area contributed by atoms with Crippen LogP contribution in [0.4, 0.5) is 5.69 Å². The first kappa shape index (κ1) is 12.1. The molecule has 0 saturated heterocycles. The van der Waals surface area contributed by atoms with Gasteiger partial charge >= 0.3 is 0 Å². The summed E-state index contributed by atoms with van der Waals surface area (Å²) in [6.45, 7) is 0. The van der Waals surface area contributed by atoms with Crippen molar-refractivity contribution in [3.63, 3.8) is 0 Å². The van der Waals surface area contributed by atoms with Gasteiger partial charge < -0.3 is 10.8 Å². The van der Waals surface area contributed by atoms with Gasteiger partial charge in [-0.25, -0.2) is 0 Å². The quantitative estimate of drug-likeness (QED) is 0.653. The van der Waals surface area contributed by atoms with Crippen molar-refractivity contribution in [3.8, 4) is 5.75 Å². The minimum Gasteiger partial charge on any atom is -0.508 e. The number of phenols is 1. The number of aromatic hydroxyl groups is 1. The molecule has 0 atom stereocenters. The van der Waals surface area contributed by atoms with Gasteiger partial charge in [-0.05, 0) is 29.8 Å². The lowest BCUT2D eigenvalue weighted by molar-refractivity contribution is 0.475. The fourth-order valence-electron chi connectivity index (χ4n) is 1.48. The Balaban J connectivity index is 2.13. The molecule has 0 bridgehead atoms. The van der Waals surface area contributed by atoms with E-state index in [1.807, 2.05) is 30.3 Å². The summed E-state index contributed by atoms with van der Waals surface area (Å²) in [4.78, 5) is 0.887. The molecule has 0 saturated carbocycles. The number of nitrogens with two attached hydrogens (primary N) is 1. The predicted molar refractivity (Wildman–Crippen MR) is 73.5 cm³/mol. The first-order valence-corrected chi connectivity index (χ1v) is 6.48. The van der Waals surface area contributed by atoms with Crippen LogP contribution in [0.1, 0.15) is 5.56 Å². The van der Waals surface area contributed by atoms with Gasteiger partial charge in [-0.15, -0.1) is 11.8 Å². The molecule has 3 N–H and O–H groups in total. The molecular weight excluding hydrogens is 254 g/mol. The predicted octanol–water partition coefficient (Wildman–Crippen LogP) is 3.92. The molecule has 0 fully saturated rings. The van der Waals surface area contributed by atoms with Crippen molar-refractivity contribution in [2.45, 2.75) is 10.6 Å². The van der Waals surface area contributed by atoms with E-state index in [9.17, 15) is 5.11 Å². The highest BCUT2D eigenvalue weighted by Gasteiger charge is 2.05. The van der Waals surface area contributed by atoms with Gasteiger partial charge in [0.05, 0.1) is 5.02 Å². The number of anilines is 1. The topological polar surface area (TPSA) is 46.2 Å². The smallest absolute Gasteiger partial charge is 0.115 e. The van der Waals surface area contributed by atoms with Crippen LogP contribution < -0.4 is 5.73 Å². The third kappa shape index (κ3) is 3.08. The monoisotopic (exact) mass is 265 g/mol. The van der Waals surface area contributed by atoms with E-state index in [2.05, 4.69) is 0 Å². The van der Waals surface area contributed by atoms with Crippen molar-refractivity contribution in [2.24, 2.45) is 0 Å². The van der Waals surface area contributed by atoms with Crippen molar-refractivity contribution in [1.29, 1.82) is 0 Å². The molecule has 0 heterocycles. The molecule has 0 aliphatic carbocycles. The summed E-state index contributed by atoms with van der Waals surface area (Å²) in [5, 5.41) is 10.0. The molecule has 0 unspecified atom stereocenters. The molecule has 0 aliphatic heterocycles. The molecule has 0 amide bonds. The van der Waals surface area contributed by atoms with Crippen LogP contribution in [0.2, 0.25) is 5.02 Å². The van der Waals surface area contributed by atoms with Crippen LogP contribution in [0.15, 0.2) is 47.4 Å². The maximum absolute atomic E-state index is 9.36. The Morgan fingerprint density at radius 1 is 1.18 bits per heavy atom. The van der Waals surface area contributed by atoms with E-state index in [0.29, 0.717) is 10.7 Å². The van der Waals surface area contributed by atoms with Crippen molar-refractivity contribution in [1.82, 2.24) is 0 Å². The minimum absolute atomic E-state index is 0.273. The Morgan fingerprint density at radius 3 is 2.65 bits per heavy atom. The van der Waals surface area contributed by atoms with Crippen LogP contribution in [-0.4, -0.2) is 5.11 Å². The average molecular weight is 266 g/mol. The second-order valence-corrected chi connectivity index (χ2v) is 5.01. The molecule has 0 aliphatic rings. The summed E-state index contributed by atoms with van der Waals surface area (Å²) in [5.74, 6) is 0.998. The van der Waals surface area contributed by atoms with Crippen molar-refractivity contribution >= 4 is 29.1 Å². The van der Waals surface area contributed by atoms with Gasteiger partial charge in [0, 0.05) is 16.3 Å². The van der Waals surface area contributed by atoms with Crippen LogP contribution in [0.25, 0.3) is 0 Å². The highest BCUT2D eigenvalue weighted by molar-refractivity contribution is 7.98. The third-order valence-electron chi connectivity index (χ3n) is 2.29. The van der Waals surface area contributed by atoms with Crippen LogP contribution >= 0.6 is 23.4 Å². The largest absolute Gasteiger partial charge is 0.508 e. The zero-order chi connectivity index (χ0) is 12.3. The SMILES string of the molecule is Nc1cccc(Cl)c1SCc1cccc(O)c1. The van der Waals surface area contributed by atoms with E-state index in [4.69, 9.17) is 17.3 Å². The lowest BCUT2D eigenvalue weighted by Gasteiger charge is -2.07. The van der Waals surface area contributed by atoms with Crippen LogP contribution in [0.3, 0.4) is 0 Å². The minimum atomic E-state index is 0.273. The number of nitrogen functional groups attached to an aromatic ring is 1. The van der Waals surface area contributed by atoms with Gasteiger partial charge in [-0.2, -0.15) is 0 Å². The van der Waals surface area contributed by atoms with Gasteiger partial charge in [0.2, 0.25) is 0 Å². The molecular formula is C13H12ClNOS. The Hall–Kier alpha value is -1.32. The Labute approximate surface area is 109 Å². The maximum Gasteiger partial charge on any atom is 0.115 e. The highest BCUT2D eigenvalue weighted by Crippen LogP contribution is 2.34. The van der Waals surface area contributed by atoms with Gasteiger partial charge in [0.1, 0.15) is 5.75 Å². The lowest BCUT2D eigenvalue weighted by atomic mass is 10.2. The van der Waals surface area contributed by atoms with E-state index in [1.54, 1.807) is 23.9 Å². The number of thioether (sulfide) groups is 1. The van der Waals surface area contributed by atoms with Gasteiger partial charge in [0.15, 0.2) is 0 Å². The summed E-state index contributed by atoms with van der Waals surface area (Å²) in [7, 11) is 0. The molecule has 2 nitrogen and oxygen atoms in total. The molecule has 2 aromatic rings. The lowest BCUT2D eigenvalue weighted by Crippen LogP contribution is -1.89. The van der Waals surface area contributed by atoms with E-state index in [0.717, 1.165) is 16.2 Å². The molecule has 4 heteroatoms. The second-order valence-electron chi connectivity index (χ2n) is 3.62. The van der Waals surface area contributed by atoms with E-state index in [1.165, 1.54) is 0 Å². The zero-order valence-electron chi connectivity index (χ0n) is 9.06. The van der Waals surface area contributed by atoms with Gasteiger partial charge in [0.25, 0.3) is 0 Å². The van der Waals surface area contributed by atoms with Crippen molar-refractivity contribution in [3.05, 3.63) is 53.1 Å². The van der Waals surface area contributed by atoms with Gasteiger partial charge in [-0.1, -0.05) is 29.8 Å². The summed E-state index contributed by atoms with van der Waals surface area (Å²) < 4.78 is 0. The van der Waals surface area contributed by atoms with Crippen LogP contribution in [0.5, 0.6) is 5.75 Å². The molecule has 88 valence electrons. The Kier molecular flexibility index (Phi) is 3.82. The molecule has 0 spiro atoms. The number of benzene rings is 2. The number of hydrogen-bond acceptors (Lipinski definition) is 3. The van der Waals surface area contributed by atoms with E-state index in [-0.39, 0.29) is 5.75 Å². The third-order valence-corrected chi connectivity index (χ3v) is 3.94. The van der Waals surface area contributed by atoms with Crippen LogP contribution in [0, 0.1) is 0 Å². The zero-order valence-corrected chi connectivity index (χ0v) is 10.6. The number of phenolic OH excluding ortho intramolecular Hbond substituents is 1.